The van der Waals surface area contributed by atoms with Crippen LogP contribution in [0.1, 0.15) is 36.1 Å². The second kappa shape index (κ2) is 7.90. The van der Waals surface area contributed by atoms with Crippen molar-refractivity contribution >= 4 is 11.0 Å². The van der Waals surface area contributed by atoms with Crippen LogP contribution in [0.25, 0.3) is 11.0 Å². The quantitative estimate of drug-likeness (QED) is 0.821. The number of benzene rings is 1. The van der Waals surface area contributed by atoms with Gasteiger partial charge in [-0.25, -0.2) is 0 Å². The highest BCUT2D eigenvalue weighted by molar-refractivity contribution is 5.83. The Balaban J connectivity index is 1.77. The van der Waals surface area contributed by atoms with E-state index in [2.05, 4.69) is 22.6 Å². The number of piperidine rings is 1. The number of nitrogens with zero attached hydrogens (tertiary/aromatic N) is 1. The van der Waals surface area contributed by atoms with E-state index in [1.54, 1.807) is 7.11 Å². The molecule has 0 atom stereocenters. The highest BCUT2D eigenvalue weighted by atomic mass is 16.5. The zero-order chi connectivity index (χ0) is 16.1. The smallest absolute Gasteiger partial charge is 0.172 e. The van der Waals surface area contributed by atoms with E-state index in [-0.39, 0.29) is 6.61 Å². The van der Waals surface area contributed by atoms with E-state index in [0.717, 1.165) is 66.1 Å². The number of hydrogen-bond acceptors (Lipinski definition) is 5. The number of ether oxygens (including phenoxy) is 1. The molecule has 0 bridgehead atoms. The van der Waals surface area contributed by atoms with Gasteiger partial charge in [-0.05, 0) is 62.7 Å². The number of aliphatic hydroxyl groups excluding tert-OH is 1. The van der Waals surface area contributed by atoms with E-state index in [1.807, 2.05) is 0 Å². The number of nitrogens with one attached hydrogen (secondary N) is 1. The number of rotatable bonds is 7. The maximum atomic E-state index is 9.72. The average Bonchev–Trinajstić information content (AvgIpc) is 3.01. The molecular formula is C18H26N2O3. The van der Waals surface area contributed by atoms with E-state index >= 15 is 0 Å². The van der Waals surface area contributed by atoms with E-state index in [4.69, 9.17) is 9.26 Å². The minimum absolute atomic E-state index is 0.0285. The van der Waals surface area contributed by atoms with Crippen molar-refractivity contribution in [3.8, 4) is 0 Å². The van der Waals surface area contributed by atoms with Crippen LogP contribution in [0, 0.1) is 5.92 Å². The lowest BCUT2D eigenvalue weighted by atomic mass is 9.92. The summed E-state index contributed by atoms with van der Waals surface area (Å²) in [6.45, 7) is 2.86. The largest absolute Gasteiger partial charge is 0.392 e. The topological polar surface area (TPSA) is 67.5 Å². The molecule has 0 unspecified atom stereocenters. The van der Waals surface area contributed by atoms with Crippen LogP contribution >= 0.6 is 0 Å². The molecule has 1 aliphatic rings. The molecule has 5 nitrogen and oxygen atoms in total. The lowest BCUT2D eigenvalue weighted by molar-refractivity contribution is 0.201. The van der Waals surface area contributed by atoms with Crippen LogP contribution in [0.3, 0.4) is 0 Å². The van der Waals surface area contributed by atoms with Crippen molar-refractivity contribution in [1.82, 2.24) is 10.5 Å². The van der Waals surface area contributed by atoms with Gasteiger partial charge in [-0.3, -0.25) is 0 Å². The molecule has 5 heteroatoms. The van der Waals surface area contributed by atoms with Crippen molar-refractivity contribution in [3.63, 3.8) is 0 Å². The maximum Gasteiger partial charge on any atom is 0.172 e. The number of aliphatic hydroxyl groups is 1. The van der Waals surface area contributed by atoms with E-state index in [1.165, 1.54) is 12.8 Å². The molecule has 0 saturated carbocycles. The minimum Gasteiger partial charge on any atom is -0.392 e. The van der Waals surface area contributed by atoms with E-state index in [0.29, 0.717) is 6.61 Å². The summed E-state index contributed by atoms with van der Waals surface area (Å²) in [7, 11) is 1.69. The molecule has 23 heavy (non-hydrogen) atoms. The van der Waals surface area contributed by atoms with Gasteiger partial charge in [0.1, 0.15) is 0 Å². The molecule has 2 N–H and O–H groups in total. The summed E-state index contributed by atoms with van der Waals surface area (Å²) < 4.78 is 10.7. The van der Waals surface area contributed by atoms with Gasteiger partial charge >= 0.3 is 0 Å². The first-order valence-corrected chi connectivity index (χ1v) is 8.53. The number of aryl methyl sites for hydroxylation is 1. The zero-order valence-electron chi connectivity index (χ0n) is 13.8. The summed E-state index contributed by atoms with van der Waals surface area (Å²) in [5, 5.41) is 18.4. The molecule has 0 aliphatic carbocycles. The van der Waals surface area contributed by atoms with Crippen LogP contribution < -0.4 is 5.32 Å². The molecule has 0 amide bonds. The monoisotopic (exact) mass is 318 g/mol. The van der Waals surface area contributed by atoms with Crippen LogP contribution in [0.15, 0.2) is 16.7 Å². The fraction of sp³-hybridized carbons (Fsp3) is 0.611. The zero-order valence-corrected chi connectivity index (χ0v) is 13.8. The molecule has 3 rings (SSSR count). The van der Waals surface area contributed by atoms with Crippen molar-refractivity contribution in [1.29, 1.82) is 0 Å². The maximum absolute atomic E-state index is 9.72. The second-order valence-corrected chi connectivity index (χ2v) is 6.34. The molecule has 1 fully saturated rings. The van der Waals surface area contributed by atoms with E-state index in [9.17, 15) is 5.11 Å². The molecule has 1 aromatic heterocycles. The molecule has 126 valence electrons. The van der Waals surface area contributed by atoms with Gasteiger partial charge in [-0.15, -0.1) is 0 Å². The first kappa shape index (κ1) is 16.4. The van der Waals surface area contributed by atoms with Crippen LogP contribution in [-0.4, -0.2) is 37.1 Å². The Morgan fingerprint density at radius 2 is 2.13 bits per heavy atom. The van der Waals surface area contributed by atoms with Crippen molar-refractivity contribution < 1.29 is 14.4 Å². The Hall–Kier alpha value is -1.43. The summed E-state index contributed by atoms with van der Waals surface area (Å²) in [6.07, 6.45) is 5.37. The SMILES string of the molecule is COCCc1ccc2c(CCC3CCNCC3)noc2c1CO. The number of aromatic nitrogens is 1. The summed E-state index contributed by atoms with van der Waals surface area (Å²) in [5.41, 5.74) is 3.68. The molecule has 0 spiro atoms. The van der Waals surface area contributed by atoms with Crippen molar-refractivity contribution in [2.45, 2.75) is 38.7 Å². The molecule has 0 radical (unpaired) electrons. The van der Waals surface area contributed by atoms with Crippen molar-refractivity contribution in [2.75, 3.05) is 26.8 Å². The Kier molecular flexibility index (Phi) is 5.65. The molecule has 1 aliphatic heterocycles. The standard InChI is InChI=1S/C18H26N2O3/c1-22-11-8-14-3-4-15-17(20-23-18(15)16(14)12-21)5-2-13-6-9-19-10-7-13/h3-4,13,19,21H,2,5-12H2,1H3. The Morgan fingerprint density at radius 1 is 1.30 bits per heavy atom. The fourth-order valence-electron chi connectivity index (χ4n) is 3.46. The predicted molar refractivity (Wildman–Crippen MR) is 89.4 cm³/mol. The average molecular weight is 318 g/mol. The van der Waals surface area contributed by atoms with E-state index < -0.39 is 0 Å². The first-order chi connectivity index (χ1) is 11.3. The summed E-state index contributed by atoms with van der Waals surface area (Å²) in [5.74, 6) is 0.779. The Labute approximate surface area is 137 Å². The van der Waals surface area contributed by atoms with Crippen molar-refractivity contribution in [2.24, 2.45) is 5.92 Å². The Morgan fingerprint density at radius 3 is 2.87 bits per heavy atom. The molecular weight excluding hydrogens is 292 g/mol. The lowest BCUT2D eigenvalue weighted by Crippen LogP contribution is -2.27. The van der Waals surface area contributed by atoms with Gasteiger partial charge in [0.05, 0.1) is 18.9 Å². The molecule has 1 aromatic carbocycles. The van der Waals surface area contributed by atoms with Gasteiger partial charge in [-0.1, -0.05) is 11.2 Å². The van der Waals surface area contributed by atoms with Crippen LogP contribution in [0.5, 0.6) is 0 Å². The molecule has 2 aromatic rings. The van der Waals surface area contributed by atoms with Gasteiger partial charge in [-0.2, -0.15) is 0 Å². The van der Waals surface area contributed by atoms with Crippen LogP contribution in [-0.2, 0) is 24.2 Å². The third-order valence-electron chi connectivity index (χ3n) is 4.90. The Bertz CT molecular complexity index is 632. The van der Waals surface area contributed by atoms with Gasteiger partial charge in [0.15, 0.2) is 5.58 Å². The highest BCUT2D eigenvalue weighted by Crippen LogP contribution is 2.28. The molecule has 2 heterocycles. The summed E-state index contributed by atoms with van der Waals surface area (Å²) >= 11 is 0. The lowest BCUT2D eigenvalue weighted by Gasteiger charge is -2.21. The predicted octanol–water partition coefficient (Wildman–Crippen LogP) is 2.44. The normalized spacial score (nSPS) is 16.3. The van der Waals surface area contributed by atoms with Crippen LogP contribution in [0.2, 0.25) is 0 Å². The number of methoxy groups -OCH3 is 1. The highest BCUT2D eigenvalue weighted by Gasteiger charge is 2.18. The van der Waals surface area contributed by atoms with Gasteiger partial charge in [0.25, 0.3) is 0 Å². The van der Waals surface area contributed by atoms with Crippen molar-refractivity contribution in [3.05, 3.63) is 29.0 Å². The fourth-order valence-corrected chi connectivity index (χ4v) is 3.46. The first-order valence-electron chi connectivity index (χ1n) is 8.53. The number of hydrogen-bond donors (Lipinski definition) is 2. The minimum atomic E-state index is -0.0285. The second-order valence-electron chi connectivity index (χ2n) is 6.34. The van der Waals surface area contributed by atoms with Crippen LogP contribution in [0.4, 0.5) is 0 Å². The summed E-state index contributed by atoms with van der Waals surface area (Å²) in [4.78, 5) is 0. The third kappa shape index (κ3) is 3.74. The van der Waals surface area contributed by atoms with Gasteiger partial charge in [0.2, 0.25) is 0 Å². The summed E-state index contributed by atoms with van der Waals surface area (Å²) in [6, 6.07) is 4.14. The number of fused-ring (bicyclic) bond motifs is 1. The third-order valence-corrected chi connectivity index (χ3v) is 4.90. The molecule has 1 saturated heterocycles. The van der Waals surface area contributed by atoms with Gasteiger partial charge in [0, 0.05) is 18.1 Å². The van der Waals surface area contributed by atoms with Gasteiger partial charge < -0.3 is 19.7 Å².